The fourth-order valence-corrected chi connectivity index (χ4v) is 8.63. The van der Waals surface area contributed by atoms with E-state index in [0.29, 0.717) is 13.0 Å². The molecule has 11 heteroatoms. The van der Waals surface area contributed by atoms with Crippen molar-refractivity contribution in [1.82, 2.24) is 20.9 Å². The Balaban J connectivity index is 1.30. The zero-order chi connectivity index (χ0) is 32.7. The van der Waals surface area contributed by atoms with Crippen LogP contribution in [0.4, 0.5) is 4.79 Å². The third-order valence-corrected chi connectivity index (χ3v) is 11.8. The number of piperidine rings is 1. The summed E-state index contributed by atoms with van der Waals surface area (Å²) >= 11 is 1.72. The van der Waals surface area contributed by atoms with Crippen LogP contribution in [0, 0.1) is 28.6 Å². The van der Waals surface area contributed by atoms with Crippen molar-refractivity contribution in [2.75, 3.05) is 12.3 Å². The number of primary amides is 1. The number of ketones is 1. The quantitative estimate of drug-likeness (QED) is 0.203. The summed E-state index contributed by atoms with van der Waals surface area (Å²) in [6, 6.07) is 7.03. The molecule has 0 bridgehead atoms. The summed E-state index contributed by atoms with van der Waals surface area (Å²) in [4.78, 5) is 68.9. The largest absolute Gasteiger partial charge is 0.363 e. The van der Waals surface area contributed by atoms with Crippen molar-refractivity contribution < 1.29 is 24.0 Å². The summed E-state index contributed by atoms with van der Waals surface area (Å²) in [6.07, 6.45) is 6.04. The van der Waals surface area contributed by atoms with Crippen LogP contribution in [0.3, 0.4) is 0 Å². The third kappa shape index (κ3) is 7.34. The maximum Gasteiger partial charge on any atom is 0.315 e. The van der Waals surface area contributed by atoms with Gasteiger partial charge in [-0.15, -0.1) is 11.8 Å². The number of hydrogen-bond acceptors (Lipinski definition) is 6. The van der Waals surface area contributed by atoms with Crippen molar-refractivity contribution in [3.63, 3.8) is 0 Å². The molecule has 1 aromatic rings. The molecule has 3 saturated carbocycles. The fraction of sp³-hybridized carbons (Fsp3) is 0.676. The number of amides is 5. The van der Waals surface area contributed by atoms with E-state index >= 15 is 0 Å². The molecule has 1 aliphatic heterocycles. The van der Waals surface area contributed by atoms with E-state index in [1.54, 1.807) is 16.7 Å². The smallest absolute Gasteiger partial charge is 0.315 e. The summed E-state index contributed by atoms with van der Waals surface area (Å²) in [6.45, 7) is 10.3. The lowest BCUT2D eigenvalue weighted by Crippen LogP contribution is -2.63. The van der Waals surface area contributed by atoms with Crippen molar-refractivity contribution >= 4 is 41.3 Å². The number of urea groups is 1. The van der Waals surface area contributed by atoms with Gasteiger partial charge in [0.05, 0.1) is 11.6 Å². The van der Waals surface area contributed by atoms with Gasteiger partial charge < -0.3 is 26.6 Å². The summed E-state index contributed by atoms with van der Waals surface area (Å²) in [7, 11) is 0. The van der Waals surface area contributed by atoms with Gasteiger partial charge in [0.25, 0.3) is 5.91 Å². The molecule has 5 amide bonds. The number of rotatable bonds is 12. The van der Waals surface area contributed by atoms with Gasteiger partial charge in [0.15, 0.2) is 0 Å². The molecule has 5 atom stereocenters. The number of benzene rings is 1. The summed E-state index contributed by atoms with van der Waals surface area (Å²) in [5.41, 5.74) is 4.15. The first-order valence-corrected chi connectivity index (χ1v) is 17.3. The Morgan fingerprint density at radius 3 is 2.24 bits per heavy atom. The molecule has 1 unspecified atom stereocenters. The van der Waals surface area contributed by atoms with Crippen LogP contribution in [-0.4, -0.2) is 70.4 Å². The number of hydrogen-bond donors (Lipinski definition) is 4. The van der Waals surface area contributed by atoms with Crippen LogP contribution in [-0.2, 0) is 19.2 Å². The summed E-state index contributed by atoms with van der Waals surface area (Å²) < 4.78 is 0. The monoisotopic (exact) mass is 639 g/mol. The molecule has 1 saturated heterocycles. The van der Waals surface area contributed by atoms with E-state index in [1.807, 2.05) is 39.0 Å². The lowest BCUT2D eigenvalue weighted by molar-refractivity contribution is -0.145. The minimum absolute atomic E-state index is 0.0853. The first kappa shape index (κ1) is 33.3. The van der Waals surface area contributed by atoms with Crippen LogP contribution < -0.4 is 21.7 Å². The van der Waals surface area contributed by atoms with E-state index in [2.05, 4.69) is 41.9 Å². The van der Waals surface area contributed by atoms with Crippen molar-refractivity contribution in [3.8, 4) is 0 Å². The van der Waals surface area contributed by atoms with E-state index in [0.717, 1.165) is 49.2 Å². The Hall–Kier alpha value is -3.08. The predicted molar refractivity (Wildman–Crippen MR) is 173 cm³/mol. The molecular formula is C34H49N5O5S. The van der Waals surface area contributed by atoms with E-state index < -0.39 is 41.1 Å². The van der Waals surface area contributed by atoms with Crippen LogP contribution in [0.5, 0.6) is 0 Å². The van der Waals surface area contributed by atoms with Crippen LogP contribution >= 0.6 is 11.8 Å². The summed E-state index contributed by atoms with van der Waals surface area (Å²) in [5, 5.41) is 9.06. The number of nitrogens with zero attached hydrogens (tertiary/aromatic N) is 1. The van der Waals surface area contributed by atoms with Gasteiger partial charge >= 0.3 is 6.03 Å². The van der Waals surface area contributed by atoms with Gasteiger partial charge in [0.1, 0.15) is 12.1 Å². The number of carbonyl (C=O) groups is 5. The van der Waals surface area contributed by atoms with E-state index in [1.165, 1.54) is 0 Å². The first-order valence-electron chi connectivity index (χ1n) is 16.3. The highest BCUT2D eigenvalue weighted by Gasteiger charge is 2.70. The predicted octanol–water partition coefficient (Wildman–Crippen LogP) is 3.63. The molecule has 3 aliphatic carbocycles. The molecule has 10 nitrogen and oxygen atoms in total. The highest BCUT2D eigenvalue weighted by Crippen LogP contribution is 2.65. The van der Waals surface area contributed by atoms with Gasteiger partial charge in [-0.05, 0) is 60.0 Å². The third-order valence-electron chi connectivity index (χ3n) is 10.5. The highest BCUT2D eigenvalue weighted by molar-refractivity contribution is 7.99. The Bertz CT molecular complexity index is 1320. The molecule has 4 aliphatic rings. The molecule has 0 radical (unpaired) electrons. The lowest BCUT2D eigenvalue weighted by atomic mass is 9.85. The van der Waals surface area contributed by atoms with Crippen LogP contribution in [0.25, 0.3) is 0 Å². The van der Waals surface area contributed by atoms with Gasteiger partial charge in [-0.1, -0.05) is 78.5 Å². The number of nitrogens with one attached hydrogen (secondary N) is 3. The molecule has 1 heterocycles. The van der Waals surface area contributed by atoms with Crippen molar-refractivity contribution in [3.05, 3.63) is 30.3 Å². The van der Waals surface area contributed by atoms with Gasteiger partial charge in [-0.3, -0.25) is 19.2 Å². The molecule has 0 spiro atoms. The number of likely N-dealkylation sites (tertiary alicyclic amines) is 1. The second-order valence-corrected chi connectivity index (χ2v) is 16.4. The first-order chi connectivity index (χ1) is 21.1. The molecule has 0 aromatic heterocycles. The molecule has 45 heavy (non-hydrogen) atoms. The van der Waals surface area contributed by atoms with Crippen molar-refractivity contribution in [2.24, 2.45) is 34.3 Å². The van der Waals surface area contributed by atoms with E-state index in [-0.39, 0.29) is 40.6 Å². The number of fused-ring (bicyclic) bond motifs is 1. The second-order valence-electron chi connectivity index (χ2n) is 15.3. The lowest BCUT2D eigenvalue weighted by Gasteiger charge is -2.39. The molecule has 4 fully saturated rings. The standard InChI is InChI=1S/C34H49N5O5S/c1-32(2,3)27(37-31(44)38-34(15-9-10-16-34)19-45-21-11-7-6-8-12-21)30(43)39-18-22-24(33(22,4)5)25(39)29(42)36-23(17-20-13-14-20)26(40)28(35)41/h6-8,11-12,20,22-25,27H,9-10,13-19H2,1-5H3,(H2,35,41)(H,36,42)(H2,37,38,44)/t22-,23?,24-,25-,27+/m0/s1. The van der Waals surface area contributed by atoms with Gasteiger partial charge in [0, 0.05) is 17.2 Å². The highest BCUT2D eigenvalue weighted by atomic mass is 32.2. The maximum atomic E-state index is 14.3. The van der Waals surface area contributed by atoms with E-state index in [4.69, 9.17) is 5.73 Å². The molecule has 246 valence electrons. The van der Waals surface area contributed by atoms with E-state index in [9.17, 15) is 24.0 Å². The van der Waals surface area contributed by atoms with Crippen LogP contribution in [0.2, 0.25) is 0 Å². The van der Waals surface area contributed by atoms with Gasteiger partial charge in [0.2, 0.25) is 17.6 Å². The maximum absolute atomic E-state index is 14.3. The van der Waals surface area contributed by atoms with Gasteiger partial charge in [-0.25, -0.2) is 4.79 Å². The fourth-order valence-electron chi connectivity index (χ4n) is 7.48. The van der Waals surface area contributed by atoms with Crippen molar-refractivity contribution in [2.45, 2.75) is 108 Å². The Morgan fingerprint density at radius 1 is 1.02 bits per heavy atom. The number of nitrogens with two attached hydrogens (primary N) is 1. The Kier molecular flexibility index (Phi) is 9.33. The second kappa shape index (κ2) is 12.6. The average Bonchev–Trinajstić information content (AvgIpc) is 3.72. The Morgan fingerprint density at radius 2 is 1.67 bits per heavy atom. The minimum atomic E-state index is -1.07. The van der Waals surface area contributed by atoms with Crippen molar-refractivity contribution in [1.29, 1.82) is 0 Å². The van der Waals surface area contributed by atoms with Crippen LogP contribution in [0.1, 0.15) is 79.6 Å². The topological polar surface area (TPSA) is 151 Å². The normalized spacial score (nSPS) is 25.9. The number of carbonyl (C=O) groups excluding carboxylic acids is 5. The number of Topliss-reactive ketones (excluding diaryl/α,β-unsaturated/α-hetero) is 1. The summed E-state index contributed by atoms with van der Waals surface area (Å²) in [5.74, 6) is -1.61. The SMILES string of the molecule is CC(C)(C)[C@H](NC(=O)NC1(CSc2ccccc2)CCCC1)C(=O)N1C[C@H]2[C@@H]([C@H]1C(=O)NC(CC1CC1)C(=O)C(N)=O)C2(C)C. The number of thioether (sulfide) groups is 1. The zero-order valence-electron chi connectivity index (χ0n) is 27.2. The zero-order valence-corrected chi connectivity index (χ0v) is 28.0. The minimum Gasteiger partial charge on any atom is -0.363 e. The molecule has 5 rings (SSSR count). The molecule has 5 N–H and O–H groups in total. The molecular weight excluding hydrogens is 590 g/mol. The molecule has 1 aromatic carbocycles. The average molecular weight is 640 g/mol. The van der Waals surface area contributed by atoms with Gasteiger partial charge in [-0.2, -0.15) is 0 Å². The van der Waals surface area contributed by atoms with Crippen LogP contribution in [0.15, 0.2) is 35.2 Å². The Labute approximate surface area is 270 Å².